The van der Waals surface area contributed by atoms with Crippen molar-refractivity contribution >= 4 is 23.6 Å². The summed E-state index contributed by atoms with van der Waals surface area (Å²) in [6.07, 6.45) is 6.68. The summed E-state index contributed by atoms with van der Waals surface area (Å²) in [4.78, 5) is 24.5. The molecule has 118 valence electrons. The zero-order valence-corrected chi connectivity index (χ0v) is 12.7. The number of ether oxygens (including phenoxy) is 1. The number of amides is 2. The molecule has 0 aromatic heterocycles. The summed E-state index contributed by atoms with van der Waals surface area (Å²) in [5, 5.41) is 1.23. The number of carbonyl (C=O) groups is 2. The molecule has 1 N–H and O–H groups in total. The molecule has 0 atom stereocenters. The van der Waals surface area contributed by atoms with Crippen molar-refractivity contribution in [3.8, 4) is 18.1 Å². The standard InChI is InChI=1S/C19H14N2O3/c1-2-12-24-16-10-8-14(9-11-16)13-17-18(22)20-21(19(17)23)15-6-4-3-5-7-15/h1,3-11,13H,12H2,(H,20,22)/b17-13-. The molecule has 1 aliphatic heterocycles. The fourth-order valence-corrected chi connectivity index (χ4v) is 2.27. The van der Waals surface area contributed by atoms with Crippen LogP contribution < -0.4 is 15.2 Å². The Morgan fingerprint density at radius 2 is 1.79 bits per heavy atom. The highest BCUT2D eigenvalue weighted by Gasteiger charge is 2.34. The molecule has 1 saturated heterocycles. The van der Waals surface area contributed by atoms with Crippen molar-refractivity contribution in [1.82, 2.24) is 5.43 Å². The molecule has 0 spiro atoms. The zero-order chi connectivity index (χ0) is 16.9. The second-order valence-electron chi connectivity index (χ2n) is 5.04. The molecular formula is C19H14N2O3. The summed E-state index contributed by atoms with van der Waals surface area (Å²) in [6.45, 7) is 0.188. The van der Waals surface area contributed by atoms with Gasteiger partial charge in [0.2, 0.25) is 0 Å². The van der Waals surface area contributed by atoms with Gasteiger partial charge in [-0.15, -0.1) is 6.42 Å². The normalized spacial score (nSPS) is 15.3. The number of hydrogen-bond donors (Lipinski definition) is 1. The molecule has 0 saturated carbocycles. The minimum absolute atomic E-state index is 0.0798. The van der Waals surface area contributed by atoms with Crippen LogP contribution in [0.3, 0.4) is 0 Å². The molecule has 3 rings (SSSR count). The second-order valence-corrected chi connectivity index (χ2v) is 5.04. The van der Waals surface area contributed by atoms with Gasteiger partial charge in [-0.2, -0.15) is 0 Å². The van der Waals surface area contributed by atoms with Gasteiger partial charge in [0.1, 0.15) is 17.9 Å². The van der Waals surface area contributed by atoms with E-state index in [1.165, 1.54) is 5.01 Å². The second kappa shape index (κ2) is 6.71. The Balaban J connectivity index is 1.81. The highest BCUT2D eigenvalue weighted by Crippen LogP contribution is 2.21. The Bertz CT molecular complexity index is 833. The number of rotatable bonds is 4. The predicted molar refractivity (Wildman–Crippen MR) is 90.8 cm³/mol. The topological polar surface area (TPSA) is 58.6 Å². The first-order chi connectivity index (χ1) is 11.7. The summed E-state index contributed by atoms with van der Waals surface area (Å²) in [5.41, 5.74) is 3.97. The Kier molecular flexibility index (Phi) is 4.30. The summed E-state index contributed by atoms with van der Waals surface area (Å²) in [6, 6.07) is 15.9. The van der Waals surface area contributed by atoms with Gasteiger partial charge < -0.3 is 4.74 Å². The van der Waals surface area contributed by atoms with Crippen molar-refractivity contribution in [3.63, 3.8) is 0 Å². The minimum atomic E-state index is -0.434. The number of nitrogens with one attached hydrogen (secondary N) is 1. The van der Waals surface area contributed by atoms with Gasteiger partial charge in [-0.3, -0.25) is 15.0 Å². The van der Waals surface area contributed by atoms with E-state index in [0.717, 1.165) is 5.56 Å². The maximum absolute atomic E-state index is 12.5. The fourth-order valence-electron chi connectivity index (χ4n) is 2.27. The molecule has 2 amide bonds. The largest absolute Gasteiger partial charge is 0.481 e. The lowest BCUT2D eigenvalue weighted by molar-refractivity contribution is -0.117. The quantitative estimate of drug-likeness (QED) is 0.534. The molecule has 0 bridgehead atoms. The lowest BCUT2D eigenvalue weighted by Crippen LogP contribution is -2.35. The van der Waals surface area contributed by atoms with E-state index in [2.05, 4.69) is 11.3 Å². The average Bonchev–Trinajstić information content (AvgIpc) is 2.90. The van der Waals surface area contributed by atoms with Gasteiger partial charge in [0.05, 0.1) is 5.69 Å². The van der Waals surface area contributed by atoms with Gasteiger partial charge in [-0.25, -0.2) is 5.01 Å². The summed E-state index contributed by atoms with van der Waals surface area (Å²) in [5.74, 6) is 2.19. The van der Waals surface area contributed by atoms with Crippen LogP contribution in [-0.2, 0) is 9.59 Å². The molecule has 2 aromatic carbocycles. The zero-order valence-electron chi connectivity index (χ0n) is 12.7. The molecule has 0 unspecified atom stereocenters. The smallest absolute Gasteiger partial charge is 0.282 e. The van der Waals surface area contributed by atoms with Crippen molar-refractivity contribution in [2.75, 3.05) is 11.6 Å². The van der Waals surface area contributed by atoms with E-state index < -0.39 is 5.91 Å². The van der Waals surface area contributed by atoms with Crippen molar-refractivity contribution < 1.29 is 14.3 Å². The van der Waals surface area contributed by atoms with Crippen LogP contribution >= 0.6 is 0 Å². The Morgan fingerprint density at radius 3 is 2.46 bits per heavy atom. The third-order valence-corrected chi connectivity index (χ3v) is 3.42. The number of hydrogen-bond acceptors (Lipinski definition) is 3. The number of hydrazine groups is 1. The Morgan fingerprint density at radius 1 is 1.08 bits per heavy atom. The van der Waals surface area contributed by atoms with Gasteiger partial charge in [-0.05, 0) is 35.9 Å². The Labute approximate surface area is 139 Å². The van der Waals surface area contributed by atoms with Crippen LogP contribution in [0.15, 0.2) is 60.2 Å². The van der Waals surface area contributed by atoms with Gasteiger partial charge in [-0.1, -0.05) is 36.3 Å². The highest BCUT2D eigenvalue weighted by molar-refractivity contribution is 6.31. The van der Waals surface area contributed by atoms with Crippen LogP contribution in [0.4, 0.5) is 5.69 Å². The van der Waals surface area contributed by atoms with Gasteiger partial charge in [0.15, 0.2) is 0 Å². The summed E-state index contributed by atoms with van der Waals surface area (Å²) in [7, 11) is 0. The first-order valence-corrected chi connectivity index (χ1v) is 7.27. The van der Waals surface area contributed by atoms with Gasteiger partial charge >= 0.3 is 0 Å². The molecule has 1 heterocycles. The van der Waals surface area contributed by atoms with Crippen molar-refractivity contribution in [3.05, 3.63) is 65.7 Å². The van der Waals surface area contributed by atoms with Crippen LogP contribution in [0.25, 0.3) is 6.08 Å². The van der Waals surface area contributed by atoms with Crippen LogP contribution in [-0.4, -0.2) is 18.4 Å². The van der Waals surface area contributed by atoms with E-state index in [9.17, 15) is 9.59 Å². The molecular weight excluding hydrogens is 304 g/mol. The minimum Gasteiger partial charge on any atom is -0.481 e. The lowest BCUT2D eigenvalue weighted by atomic mass is 10.1. The maximum Gasteiger partial charge on any atom is 0.282 e. The highest BCUT2D eigenvalue weighted by atomic mass is 16.5. The van der Waals surface area contributed by atoms with E-state index in [1.54, 1.807) is 54.6 Å². The molecule has 0 radical (unpaired) electrons. The van der Waals surface area contributed by atoms with Crippen molar-refractivity contribution in [2.24, 2.45) is 0 Å². The molecule has 24 heavy (non-hydrogen) atoms. The van der Waals surface area contributed by atoms with E-state index in [1.807, 2.05) is 6.07 Å². The first kappa shape index (κ1) is 15.4. The molecule has 0 aliphatic carbocycles. The van der Waals surface area contributed by atoms with Crippen LogP contribution in [0, 0.1) is 12.3 Å². The number of nitrogens with zero attached hydrogens (tertiary/aromatic N) is 1. The number of para-hydroxylation sites is 1. The van der Waals surface area contributed by atoms with Crippen molar-refractivity contribution in [1.29, 1.82) is 0 Å². The first-order valence-electron chi connectivity index (χ1n) is 7.27. The Hall–Kier alpha value is -3.52. The van der Waals surface area contributed by atoms with E-state index >= 15 is 0 Å². The third kappa shape index (κ3) is 3.13. The lowest BCUT2D eigenvalue weighted by Gasteiger charge is -2.13. The van der Waals surface area contributed by atoms with Crippen molar-refractivity contribution in [2.45, 2.75) is 0 Å². The van der Waals surface area contributed by atoms with Crippen LogP contribution in [0.2, 0.25) is 0 Å². The number of carbonyl (C=O) groups excluding carboxylic acids is 2. The number of terminal acetylenes is 1. The monoisotopic (exact) mass is 318 g/mol. The summed E-state index contributed by atoms with van der Waals surface area (Å²) >= 11 is 0. The van der Waals surface area contributed by atoms with Crippen LogP contribution in [0.5, 0.6) is 5.75 Å². The number of benzene rings is 2. The molecule has 2 aromatic rings. The van der Waals surface area contributed by atoms with E-state index in [4.69, 9.17) is 11.2 Å². The van der Waals surface area contributed by atoms with Gasteiger partial charge in [0.25, 0.3) is 11.8 Å². The number of anilines is 1. The molecule has 5 heteroatoms. The summed E-state index contributed by atoms with van der Waals surface area (Å²) < 4.78 is 5.29. The van der Waals surface area contributed by atoms with E-state index in [-0.39, 0.29) is 18.1 Å². The molecule has 1 fully saturated rings. The molecule has 1 aliphatic rings. The molecule has 5 nitrogen and oxygen atoms in total. The maximum atomic E-state index is 12.5. The van der Waals surface area contributed by atoms with Crippen LogP contribution in [0.1, 0.15) is 5.56 Å². The van der Waals surface area contributed by atoms with E-state index in [0.29, 0.717) is 11.4 Å². The van der Waals surface area contributed by atoms with Gasteiger partial charge in [0, 0.05) is 0 Å². The average molecular weight is 318 g/mol. The fraction of sp³-hybridized carbons (Fsp3) is 0.0526. The third-order valence-electron chi connectivity index (χ3n) is 3.42. The SMILES string of the molecule is C#CCOc1ccc(/C=C2/C(=O)NN(c3ccccc3)C2=O)cc1. The predicted octanol–water partition coefficient (Wildman–Crippen LogP) is 2.16.